The van der Waals surface area contributed by atoms with Crippen molar-refractivity contribution < 1.29 is 19.1 Å². The van der Waals surface area contributed by atoms with Gasteiger partial charge in [0.15, 0.2) is 6.61 Å². The summed E-state index contributed by atoms with van der Waals surface area (Å²) in [5, 5.41) is 2.67. The van der Waals surface area contributed by atoms with E-state index < -0.39 is 24.4 Å². The molecule has 0 radical (unpaired) electrons. The predicted molar refractivity (Wildman–Crippen MR) is 85.2 cm³/mol. The first-order chi connectivity index (χ1) is 11.1. The summed E-state index contributed by atoms with van der Waals surface area (Å²) in [5.74, 6) is -1.90. The van der Waals surface area contributed by atoms with Crippen molar-refractivity contribution >= 4 is 29.5 Å². The lowest BCUT2D eigenvalue weighted by Gasteiger charge is -2.07. The highest BCUT2D eigenvalue weighted by atomic mass is 32.2. The average molecular weight is 330 g/mol. The number of hydrogen-bond donors (Lipinski definition) is 1. The number of ether oxygens (including phenoxy) is 1. The lowest BCUT2D eigenvalue weighted by atomic mass is 10.2. The van der Waals surface area contributed by atoms with Crippen LogP contribution in [0.1, 0.15) is 20.7 Å². The fraction of sp³-hybridized carbons (Fsp3) is 0.125. The summed E-state index contributed by atoms with van der Waals surface area (Å²) < 4.78 is 4.91. The van der Waals surface area contributed by atoms with Crippen molar-refractivity contribution in [1.82, 2.24) is 10.3 Å². The van der Waals surface area contributed by atoms with E-state index in [1.807, 2.05) is 0 Å². The molecule has 1 aromatic heterocycles. The second-order valence-corrected chi connectivity index (χ2v) is 5.17. The van der Waals surface area contributed by atoms with E-state index in [-0.39, 0.29) is 5.56 Å². The van der Waals surface area contributed by atoms with Crippen molar-refractivity contribution in [2.75, 3.05) is 12.9 Å². The van der Waals surface area contributed by atoms with Gasteiger partial charge in [-0.25, -0.2) is 9.78 Å². The Bertz CT molecular complexity index is 719. The van der Waals surface area contributed by atoms with E-state index >= 15 is 0 Å². The molecule has 1 aromatic carbocycles. The van der Waals surface area contributed by atoms with Crippen molar-refractivity contribution in [3.63, 3.8) is 0 Å². The largest absolute Gasteiger partial charge is 0.452 e. The predicted octanol–water partition coefficient (Wildman–Crippen LogP) is 1.92. The molecule has 0 atom stereocenters. The number of imide groups is 1. The van der Waals surface area contributed by atoms with Crippen LogP contribution in [0.4, 0.5) is 0 Å². The minimum absolute atomic E-state index is 0.280. The van der Waals surface area contributed by atoms with Crippen LogP contribution < -0.4 is 5.32 Å². The molecule has 0 aliphatic heterocycles. The van der Waals surface area contributed by atoms with Crippen molar-refractivity contribution in [3.05, 3.63) is 59.8 Å². The Balaban J connectivity index is 1.89. The fourth-order valence-electron chi connectivity index (χ4n) is 1.74. The molecule has 7 heteroatoms. The Hall–Kier alpha value is -2.67. The molecule has 0 spiro atoms. The maximum Gasteiger partial charge on any atom is 0.341 e. The minimum atomic E-state index is -0.693. The van der Waals surface area contributed by atoms with Gasteiger partial charge in [0.1, 0.15) is 5.03 Å². The van der Waals surface area contributed by atoms with Crippen LogP contribution in [0, 0.1) is 0 Å². The first kappa shape index (κ1) is 16.7. The Morgan fingerprint density at radius 1 is 1.13 bits per heavy atom. The number of hydrogen-bond acceptors (Lipinski definition) is 6. The van der Waals surface area contributed by atoms with E-state index in [9.17, 15) is 14.4 Å². The average Bonchev–Trinajstić information content (AvgIpc) is 2.60. The number of nitrogens with one attached hydrogen (secondary N) is 1. The minimum Gasteiger partial charge on any atom is -0.452 e. The van der Waals surface area contributed by atoms with Gasteiger partial charge in [0.2, 0.25) is 0 Å². The van der Waals surface area contributed by atoms with Crippen LogP contribution in [0.3, 0.4) is 0 Å². The van der Waals surface area contributed by atoms with E-state index in [1.54, 1.807) is 54.9 Å². The number of benzene rings is 1. The SMILES string of the molecule is CSc1ncccc1C(=O)OCC(=O)NC(=O)c1ccccc1. The maximum atomic E-state index is 11.9. The van der Waals surface area contributed by atoms with E-state index in [2.05, 4.69) is 10.3 Å². The van der Waals surface area contributed by atoms with Gasteiger partial charge in [-0.2, -0.15) is 0 Å². The van der Waals surface area contributed by atoms with E-state index in [0.29, 0.717) is 10.6 Å². The summed E-state index contributed by atoms with van der Waals surface area (Å²) in [6.07, 6.45) is 3.35. The molecular weight excluding hydrogens is 316 g/mol. The number of carbonyl (C=O) groups excluding carboxylic acids is 3. The second-order valence-electron chi connectivity index (χ2n) is 4.38. The Labute approximate surface area is 137 Å². The molecule has 0 aliphatic rings. The van der Waals surface area contributed by atoms with Gasteiger partial charge < -0.3 is 4.74 Å². The Morgan fingerprint density at radius 2 is 1.87 bits per heavy atom. The molecule has 0 unspecified atom stereocenters. The van der Waals surface area contributed by atoms with Crippen LogP contribution in [0.25, 0.3) is 0 Å². The molecule has 2 aromatic rings. The number of pyridine rings is 1. The van der Waals surface area contributed by atoms with Crippen molar-refractivity contribution in [1.29, 1.82) is 0 Å². The van der Waals surface area contributed by atoms with Gasteiger partial charge in [-0.3, -0.25) is 14.9 Å². The van der Waals surface area contributed by atoms with Crippen LogP contribution >= 0.6 is 11.8 Å². The van der Waals surface area contributed by atoms with Gasteiger partial charge >= 0.3 is 5.97 Å². The smallest absolute Gasteiger partial charge is 0.341 e. The third-order valence-electron chi connectivity index (χ3n) is 2.81. The molecule has 0 saturated heterocycles. The molecule has 0 saturated carbocycles. The number of aromatic nitrogens is 1. The standard InChI is InChI=1S/C16H14N2O4S/c1-23-15-12(8-5-9-17-15)16(21)22-10-13(19)18-14(20)11-6-3-2-4-7-11/h2-9H,10H2,1H3,(H,18,19,20). The van der Waals surface area contributed by atoms with Crippen molar-refractivity contribution in [3.8, 4) is 0 Å². The Kier molecular flexibility index (Phi) is 5.87. The fourth-order valence-corrected chi connectivity index (χ4v) is 2.28. The molecule has 0 aliphatic carbocycles. The highest BCUT2D eigenvalue weighted by Gasteiger charge is 2.16. The number of carbonyl (C=O) groups is 3. The lowest BCUT2D eigenvalue weighted by Crippen LogP contribution is -2.34. The summed E-state index contributed by atoms with van der Waals surface area (Å²) in [6.45, 7) is -0.542. The zero-order valence-corrected chi connectivity index (χ0v) is 13.1. The van der Waals surface area contributed by atoms with Crippen LogP contribution in [-0.2, 0) is 9.53 Å². The molecule has 0 bridgehead atoms. The van der Waals surface area contributed by atoms with Gasteiger partial charge in [0, 0.05) is 11.8 Å². The lowest BCUT2D eigenvalue weighted by molar-refractivity contribution is -0.123. The zero-order chi connectivity index (χ0) is 16.7. The topological polar surface area (TPSA) is 85.4 Å². The summed E-state index contributed by atoms with van der Waals surface area (Å²) in [4.78, 5) is 39.5. The highest BCUT2D eigenvalue weighted by Crippen LogP contribution is 2.17. The molecule has 1 N–H and O–H groups in total. The van der Waals surface area contributed by atoms with Crippen LogP contribution in [-0.4, -0.2) is 35.6 Å². The van der Waals surface area contributed by atoms with Gasteiger partial charge in [0.05, 0.1) is 5.56 Å². The number of nitrogens with zero attached hydrogens (tertiary/aromatic N) is 1. The number of amides is 2. The van der Waals surface area contributed by atoms with Crippen molar-refractivity contribution in [2.45, 2.75) is 5.03 Å². The van der Waals surface area contributed by atoms with Crippen molar-refractivity contribution in [2.24, 2.45) is 0 Å². The van der Waals surface area contributed by atoms with E-state index in [1.165, 1.54) is 11.8 Å². The number of esters is 1. The molecule has 6 nitrogen and oxygen atoms in total. The van der Waals surface area contributed by atoms with E-state index in [0.717, 1.165) is 0 Å². The Morgan fingerprint density at radius 3 is 2.57 bits per heavy atom. The summed E-state index contributed by atoms with van der Waals surface area (Å²) >= 11 is 1.30. The summed E-state index contributed by atoms with van der Waals surface area (Å²) in [5.41, 5.74) is 0.631. The maximum absolute atomic E-state index is 11.9. The molecule has 2 rings (SSSR count). The molecule has 0 fully saturated rings. The normalized spacial score (nSPS) is 9.96. The summed E-state index contributed by atoms with van der Waals surface area (Å²) in [7, 11) is 0. The molecule has 1 heterocycles. The summed E-state index contributed by atoms with van der Waals surface area (Å²) in [6, 6.07) is 11.5. The second kappa shape index (κ2) is 8.09. The van der Waals surface area contributed by atoms with E-state index in [4.69, 9.17) is 4.74 Å². The number of thioether (sulfide) groups is 1. The van der Waals surface area contributed by atoms with Gasteiger partial charge in [-0.05, 0) is 30.5 Å². The zero-order valence-electron chi connectivity index (χ0n) is 12.3. The first-order valence-corrected chi connectivity index (χ1v) is 7.89. The van der Waals surface area contributed by atoms with Crippen LogP contribution in [0.2, 0.25) is 0 Å². The molecule has 23 heavy (non-hydrogen) atoms. The quantitative estimate of drug-likeness (QED) is 0.666. The first-order valence-electron chi connectivity index (χ1n) is 6.67. The van der Waals surface area contributed by atoms with Gasteiger partial charge in [-0.1, -0.05) is 18.2 Å². The molecular formula is C16H14N2O4S. The van der Waals surface area contributed by atoms with Gasteiger partial charge in [-0.15, -0.1) is 11.8 Å². The van der Waals surface area contributed by atoms with Crippen LogP contribution in [0.5, 0.6) is 0 Å². The molecule has 2 amide bonds. The number of rotatable bonds is 5. The third kappa shape index (κ3) is 4.65. The van der Waals surface area contributed by atoms with Crippen LogP contribution in [0.15, 0.2) is 53.7 Å². The third-order valence-corrected chi connectivity index (χ3v) is 3.52. The monoisotopic (exact) mass is 330 g/mol. The highest BCUT2D eigenvalue weighted by molar-refractivity contribution is 7.98. The molecule has 118 valence electrons. The van der Waals surface area contributed by atoms with Gasteiger partial charge in [0.25, 0.3) is 11.8 Å².